The smallest absolute Gasteiger partial charge is 0.230 e. The minimum Gasteiger partial charge on any atom is -0.362 e. The van der Waals surface area contributed by atoms with Gasteiger partial charge in [-0.05, 0) is 50.6 Å². The Morgan fingerprint density at radius 2 is 2.06 bits per heavy atom. The molecule has 0 aliphatic heterocycles. The van der Waals surface area contributed by atoms with Crippen LogP contribution in [0.3, 0.4) is 0 Å². The number of carbonyl (C=O) groups excluding carboxylic acids is 1. The molecular formula is C23H24FN7O. The van der Waals surface area contributed by atoms with Crippen LogP contribution in [0.4, 0.5) is 15.9 Å². The molecule has 0 aliphatic carbocycles. The van der Waals surface area contributed by atoms with Gasteiger partial charge in [0, 0.05) is 12.2 Å². The molecule has 0 saturated carbocycles. The lowest BCUT2D eigenvalue weighted by atomic mass is 10.1. The van der Waals surface area contributed by atoms with Crippen molar-refractivity contribution in [1.82, 2.24) is 24.7 Å². The van der Waals surface area contributed by atoms with Crippen LogP contribution in [0.2, 0.25) is 0 Å². The number of pyridine rings is 1. The van der Waals surface area contributed by atoms with Crippen molar-refractivity contribution in [3.05, 3.63) is 71.6 Å². The highest BCUT2D eigenvalue weighted by Gasteiger charge is 2.12. The minimum absolute atomic E-state index is 0.0686. The number of anilines is 2. The fourth-order valence-corrected chi connectivity index (χ4v) is 3.33. The number of benzene rings is 1. The van der Waals surface area contributed by atoms with Gasteiger partial charge in [-0.2, -0.15) is 5.10 Å². The van der Waals surface area contributed by atoms with E-state index in [-0.39, 0.29) is 29.9 Å². The van der Waals surface area contributed by atoms with Gasteiger partial charge >= 0.3 is 0 Å². The number of hydrogen-bond donors (Lipinski definition) is 2. The summed E-state index contributed by atoms with van der Waals surface area (Å²) in [6.07, 6.45) is 3.62. The van der Waals surface area contributed by atoms with E-state index in [0.717, 1.165) is 17.6 Å². The van der Waals surface area contributed by atoms with Crippen LogP contribution < -0.4 is 10.6 Å². The monoisotopic (exact) mass is 433 g/mol. The van der Waals surface area contributed by atoms with Crippen molar-refractivity contribution < 1.29 is 9.18 Å². The quantitative estimate of drug-likeness (QED) is 0.456. The number of fused-ring (bicyclic) bond motifs is 1. The number of aryl methyl sites for hydroxylation is 2. The Morgan fingerprint density at radius 3 is 2.84 bits per heavy atom. The zero-order valence-corrected chi connectivity index (χ0v) is 18.1. The fourth-order valence-electron chi connectivity index (χ4n) is 3.33. The van der Waals surface area contributed by atoms with Crippen LogP contribution in [0.5, 0.6) is 0 Å². The summed E-state index contributed by atoms with van der Waals surface area (Å²) in [7, 11) is 0. The van der Waals surface area contributed by atoms with E-state index in [2.05, 4.69) is 30.7 Å². The van der Waals surface area contributed by atoms with Gasteiger partial charge < -0.3 is 10.6 Å². The molecule has 3 aromatic heterocycles. The van der Waals surface area contributed by atoms with Gasteiger partial charge in [-0.25, -0.2) is 14.4 Å². The Kier molecular flexibility index (Phi) is 6.07. The first kappa shape index (κ1) is 21.4. The number of amides is 1. The third kappa shape index (κ3) is 4.88. The first-order valence-electron chi connectivity index (χ1n) is 10.4. The van der Waals surface area contributed by atoms with Crippen molar-refractivity contribution in [2.24, 2.45) is 0 Å². The van der Waals surface area contributed by atoms with Gasteiger partial charge in [0.2, 0.25) is 11.6 Å². The summed E-state index contributed by atoms with van der Waals surface area (Å²) in [6.45, 7) is 6.34. The summed E-state index contributed by atoms with van der Waals surface area (Å²) < 4.78 is 15.2. The molecule has 0 saturated heterocycles. The van der Waals surface area contributed by atoms with Gasteiger partial charge in [0.1, 0.15) is 17.2 Å². The Hall–Kier alpha value is -3.88. The Labute approximate surface area is 184 Å². The molecule has 4 rings (SSSR count). The molecule has 164 valence electrons. The summed E-state index contributed by atoms with van der Waals surface area (Å²) in [5.74, 6) is 0.0218. The van der Waals surface area contributed by atoms with Crippen LogP contribution in [0.25, 0.3) is 11.2 Å². The molecule has 0 unspecified atom stereocenters. The van der Waals surface area contributed by atoms with Crippen molar-refractivity contribution in [2.45, 2.75) is 39.8 Å². The number of nitrogens with one attached hydrogen (secondary N) is 2. The largest absolute Gasteiger partial charge is 0.362 e. The SMILES string of the molecule is CCn1cc2ncc(N[C@@H](C)c3cccc(NC(=O)Cc4ccc(F)c(C)n4)c3)nc2n1. The average Bonchev–Trinajstić information content (AvgIpc) is 3.19. The molecule has 0 aliphatic rings. The Morgan fingerprint density at radius 1 is 1.22 bits per heavy atom. The second-order valence-corrected chi connectivity index (χ2v) is 7.54. The van der Waals surface area contributed by atoms with Gasteiger partial charge in [-0.1, -0.05) is 12.1 Å². The number of aromatic nitrogens is 5. The van der Waals surface area contributed by atoms with Crippen LogP contribution in [0.1, 0.15) is 36.8 Å². The van der Waals surface area contributed by atoms with Crippen LogP contribution in [-0.4, -0.2) is 30.6 Å². The number of hydrogen-bond acceptors (Lipinski definition) is 6. The number of carbonyl (C=O) groups is 1. The molecule has 32 heavy (non-hydrogen) atoms. The first-order valence-corrected chi connectivity index (χ1v) is 10.4. The zero-order valence-electron chi connectivity index (χ0n) is 18.1. The Balaban J connectivity index is 1.42. The highest BCUT2D eigenvalue weighted by atomic mass is 19.1. The molecule has 1 aromatic carbocycles. The third-order valence-electron chi connectivity index (χ3n) is 5.06. The zero-order chi connectivity index (χ0) is 22.7. The molecule has 9 heteroatoms. The molecule has 0 fully saturated rings. The molecular weight excluding hydrogens is 409 g/mol. The number of nitrogens with zero attached hydrogens (tertiary/aromatic N) is 5. The van der Waals surface area contributed by atoms with Crippen LogP contribution in [0.15, 0.2) is 48.8 Å². The first-order chi connectivity index (χ1) is 15.4. The van der Waals surface area contributed by atoms with E-state index in [1.165, 1.54) is 12.1 Å². The Bertz CT molecular complexity index is 1270. The summed E-state index contributed by atoms with van der Waals surface area (Å²) in [5, 5.41) is 10.6. The van der Waals surface area contributed by atoms with Crippen molar-refractivity contribution >= 4 is 28.6 Å². The second-order valence-electron chi connectivity index (χ2n) is 7.54. The van der Waals surface area contributed by atoms with E-state index in [1.807, 2.05) is 44.3 Å². The molecule has 3 heterocycles. The van der Waals surface area contributed by atoms with Gasteiger partial charge in [-0.15, -0.1) is 0 Å². The summed E-state index contributed by atoms with van der Waals surface area (Å²) in [4.78, 5) is 25.5. The van der Waals surface area contributed by atoms with Gasteiger partial charge in [-0.3, -0.25) is 14.5 Å². The topological polar surface area (TPSA) is 97.6 Å². The lowest BCUT2D eigenvalue weighted by Gasteiger charge is -2.16. The van der Waals surface area contributed by atoms with E-state index < -0.39 is 0 Å². The van der Waals surface area contributed by atoms with Gasteiger partial charge in [0.05, 0.1) is 36.2 Å². The van der Waals surface area contributed by atoms with Crippen molar-refractivity contribution in [3.8, 4) is 0 Å². The van der Waals surface area contributed by atoms with E-state index in [9.17, 15) is 9.18 Å². The summed E-state index contributed by atoms with van der Waals surface area (Å²) in [6, 6.07) is 10.3. The lowest BCUT2D eigenvalue weighted by Crippen LogP contribution is -2.16. The predicted octanol–water partition coefficient (Wildman–Crippen LogP) is 4.04. The van der Waals surface area contributed by atoms with Crippen molar-refractivity contribution in [2.75, 3.05) is 10.6 Å². The maximum atomic E-state index is 13.4. The molecule has 1 atom stereocenters. The fraction of sp³-hybridized carbons (Fsp3) is 0.261. The maximum Gasteiger partial charge on any atom is 0.230 e. The second kappa shape index (κ2) is 9.09. The molecule has 0 spiro atoms. The standard InChI is InChI=1S/C23H24FN7O/c1-4-31-13-20-23(30-31)29-21(12-25-20)27-14(2)16-6-5-7-17(10-16)28-22(32)11-18-8-9-19(24)15(3)26-18/h5-10,12-14H,4,11H2,1-3H3,(H,28,32)(H,27,29,30)/t14-/m0/s1. The van der Waals surface area contributed by atoms with Crippen LogP contribution >= 0.6 is 0 Å². The third-order valence-corrected chi connectivity index (χ3v) is 5.06. The lowest BCUT2D eigenvalue weighted by molar-refractivity contribution is -0.115. The van der Waals surface area contributed by atoms with E-state index >= 15 is 0 Å². The van der Waals surface area contributed by atoms with Crippen LogP contribution in [-0.2, 0) is 17.8 Å². The van der Waals surface area contributed by atoms with E-state index in [4.69, 9.17) is 0 Å². The average molecular weight is 433 g/mol. The normalized spacial score (nSPS) is 12.0. The summed E-state index contributed by atoms with van der Waals surface area (Å²) >= 11 is 0. The molecule has 1 amide bonds. The van der Waals surface area contributed by atoms with Crippen LogP contribution in [0, 0.1) is 12.7 Å². The van der Waals surface area contributed by atoms with E-state index in [1.54, 1.807) is 17.8 Å². The van der Waals surface area contributed by atoms with Gasteiger partial charge in [0.25, 0.3) is 0 Å². The molecule has 8 nitrogen and oxygen atoms in total. The molecule has 0 radical (unpaired) electrons. The minimum atomic E-state index is -0.383. The molecule has 4 aromatic rings. The predicted molar refractivity (Wildman–Crippen MR) is 121 cm³/mol. The van der Waals surface area contributed by atoms with Crippen molar-refractivity contribution in [1.29, 1.82) is 0 Å². The van der Waals surface area contributed by atoms with E-state index in [0.29, 0.717) is 22.8 Å². The maximum absolute atomic E-state index is 13.4. The number of rotatable bonds is 7. The van der Waals surface area contributed by atoms with Crippen molar-refractivity contribution in [3.63, 3.8) is 0 Å². The van der Waals surface area contributed by atoms with Gasteiger partial charge in [0.15, 0.2) is 0 Å². The summed E-state index contributed by atoms with van der Waals surface area (Å²) in [5.41, 5.74) is 3.78. The number of halogens is 1. The highest BCUT2D eigenvalue weighted by Crippen LogP contribution is 2.22. The highest BCUT2D eigenvalue weighted by molar-refractivity contribution is 5.92. The molecule has 0 bridgehead atoms. The molecule has 2 N–H and O–H groups in total.